The highest BCUT2D eigenvalue weighted by molar-refractivity contribution is 5.99. The molecule has 2 fully saturated rings. The van der Waals surface area contributed by atoms with Crippen LogP contribution in [0.15, 0.2) is 24.3 Å². The minimum Gasteiger partial charge on any atom is -0.376 e. The summed E-state index contributed by atoms with van der Waals surface area (Å²) in [7, 11) is 0. The first-order chi connectivity index (χ1) is 13.3. The molecule has 2 N–H and O–H groups in total. The molecule has 154 valence electrons. The fourth-order valence-electron chi connectivity index (χ4n) is 3.72. The Morgan fingerprint density at radius 2 is 1.86 bits per heavy atom. The van der Waals surface area contributed by atoms with E-state index in [0.29, 0.717) is 12.1 Å². The molecule has 0 spiro atoms. The fraction of sp³-hybridized carbons (Fsp3) is 0.636. The van der Waals surface area contributed by atoms with Gasteiger partial charge < -0.3 is 20.3 Å². The molecule has 2 heterocycles. The molecule has 2 saturated heterocycles. The van der Waals surface area contributed by atoms with Crippen LogP contribution in [0.4, 0.5) is 5.69 Å². The van der Waals surface area contributed by atoms with Crippen molar-refractivity contribution < 1.29 is 14.3 Å². The van der Waals surface area contributed by atoms with Gasteiger partial charge in [-0.1, -0.05) is 32.9 Å². The second-order valence-electron chi connectivity index (χ2n) is 8.85. The molecular weight excluding hydrogens is 354 g/mol. The molecule has 0 saturated carbocycles. The molecule has 2 aliphatic rings. The van der Waals surface area contributed by atoms with E-state index in [1.165, 1.54) is 0 Å². The van der Waals surface area contributed by atoms with E-state index in [1.54, 1.807) is 0 Å². The first-order valence-corrected chi connectivity index (χ1v) is 10.4. The first-order valence-electron chi connectivity index (χ1n) is 10.4. The maximum Gasteiger partial charge on any atom is 0.253 e. The highest BCUT2D eigenvalue weighted by Gasteiger charge is 2.28. The lowest BCUT2D eigenvalue weighted by Gasteiger charge is -2.35. The summed E-state index contributed by atoms with van der Waals surface area (Å²) in [6.07, 6.45) is 3.98. The minimum absolute atomic E-state index is 0.0470. The number of hydrogen-bond acceptors (Lipinski definition) is 4. The molecule has 1 aromatic rings. The van der Waals surface area contributed by atoms with Crippen LogP contribution in [-0.4, -0.2) is 50.2 Å². The van der Waals surface area contributed by atoms with Crippen LogP contribution in [0.2, 0.25) is 0 Å². The molecule has 3 rings (SSSR count). The summed E-state index contributed by atoms with van der Waals surface area (Å²) in [5.74, 6) is 0.0501. The molecule has 6 heteroatoms. The van der Waals surface area contributed by atoms with Gasteiger partial charge in [0.25, 0.3) is 5.91 Å². The van der Waals surface area contributed by atoms with E-state index in [2.05, 4.69) is 15.5 Å². The van der Waals surface area contributed by atoms with Gasteiger partial charge in [-0.15, -0.1) is 0 Å². The number of piperidine rings is 1. The van der Waals surface area contributed by atoms with Gasteiger partial charge in [0, 0.05) is 43.4 Å². The number of carbonyl (C=O) groups excluding carboxylic acids is 2. The van der Waals surface area contributed by atoms with Crippen LogP contribution in [0.25, 0.3) is 0 Å². The summed E-state index contributed by atoms with van der Waals surface area (Å²) in [5.41, 5.74) is 1.30. The maximum absolute atomic E-state index is 12.7. The van der Waals surface area contributed by atoms with Crippen molar-refractivity contribution in [3.05, 3.63) is 29.8 Å². The number of para-hydroxylation sites is 1. The van der Waals surface area contributed by atoms with Crippen LogP contribution in [-0.2, 0) is 9.53 Å². The number of ether oxygens (including phenoxy) is 1. The molecule has 1 aromatic carbocycles. The van der Waals surface area contributed by atoms with Crippen molar-refractivity contribution in [1.29, 1.82) is 0 Å². The van der Waals surface area contributed by atoms with Gasteiger partial charge in [0.2, 0.25) is 5.91 Å². The number of amides is 2. The lowest BCUT2D eigenvalue weighted by Crippen LogP contribution is -2.48. The second-order valence-corrected chi connectivity index (χ2v) is 8.85. The Hall–Kier alpha value is -2.08. The van der Waals surface area contributed by atoms with Gasteiger partial charge in [-0.05, 0) is 37.8 Å². The molecule has 0 aromatic heterocycles. The molecule has 0 bridgehead atoms. The summed E-state index contributed by atoms with van der Waals surface area (Å²) >= 11 is 0. The lowest BCUT2D eigenvalue weighted by atomic mass is 9.94. The fourth-order valence-corrected chi connectivity index (χ4v) is 3.72. The summed E-state index contributed by atoms with van der Waals surface area (Å²) < 4.78 is 5.59. The van der Waals surface area contributed by atoms with Crippen molar-refractivity contribution >= 4 is 17.5 Å². The lowest BCUT2D eigenvalue weighted by molar-refractivity contribution is -0.129. The van der Waals surface area contributed by atoms with Gasteiger partial charge in [-0.2, -0.15) is 0 Å². The molecule has 2 aliphatic heterocycles. The predicted octanol–water partition coefficient (Wildman–Crippen LogP) is 2.73. The number of nitrogens with one attached hydrogen (secondary N) is 2. The van der Waals surface area contributed by atoms with E-state index in [9.17, 15) is 9.59 Å². The number of rotatable bonds is 5. The van der Waals surface area contributed by atoms with Crippen LogP contribution >= 0.6 is 0 Å². The van der Waals surface area contributed by atoms with E-state index in [1.807, 2.05) is 45.0 Å². The highest BCUT2D eigenvalue weighted by Crippen LogP contribution is 2.25. The first kappa shape index (κ1) is 20.6. The van der Waals surface area contributed by atoms with Crippen LogP contribution < -0.4 is 15.5 Å². The van der Waals surface area contributed by atoms with Gasteiger partial charge in [-0.25, -0.2) is 0 Å². The van der Waals surface area contributed by atoms with Crippen molar-refractivity contribution in [2.45, 2.75) is 58.6 Å². The zero-order valence-electron chi connectivity index (χ0n) is 17.3. The van der Waals surface area contributed by atoms with Crippen molar-refractivity contribution in [1.82, 2.24) is 10.6 Å². The average Bonchev–Trinajstić information content (AvgIpc) is 3.19. The van der Waals surface area contributed by atoms with Gasteiger partial charge in [0.15, 0.2) is 0 Å². The third kappa shape index (κ3) is 5.25. The number of anilines is 1. The molecule has 28 heavy (non-hydrogen) atoms. The van der Waals surface area contributed by atoms with Gasteiger partial charge >= 0.3 is 0 Å². The van der Waals surface area contributed by atoms with E-state index in [0.717, 1.165) is 51.1 Å². The van der Waals surface area contributed by atoms with E-state index >= 15 is 0 Å². The Balaban J connectivity index is 1.57. The van der Waals surface area contributed by atoms with Gasteiger partial charge in [0.1, 0.15) is 0 Å². The molecule has 0 radical (unpaired) electrons. The van der Waals surface area contributed by atoms with Crippen LogP contribution in [0.5, 0.6) is 0 Å². The Morgan fingerprint density at radius 3 is 2.50 bits per heavy atom. The molecule has 1 atom stereocenters. The Kier molecular flexibility index (Phi) is 6.60. The predicted molar refractivity (Wildman–Crippen MR) is 111 cm³/mol. The number of carbonyl (C=O) groups is 2. The van der Waals surface area contributed by atoms with Crippen molar-refractivity contribution in [2.75, 3.05) is 31.1 Å². The van der Waals surface area contributed by atoms with Crippen molar-refractivity contribution in [3.8, 4) is 0 Å². The molecule has 2 amide bonds. The summed E-state index contributed by atoms with van der Waals surface area (Å²) in [5, 5.41) is 6.19. The van der Waals surface area contributed by atoms with E-state index in [-0.39, 0.29) is 29.4 Å². The second kappa shape index (κ2) is 8.95. The normalized spacial score (nSPS) is 20.8. The zero-order valence-corrected chi connectivity index (χ0v) is 17.3. The summed E-state index contributed by atoms with van der Waals surface area (Å²) in [4.78, 5) is 27.2. The average molecular weight is 388 g/mol. The SMILES string of the molecule is CC(C)(C)C(=O)NC1CCN(c2ccccc2C(=O)NCC2CCCO2)CC1. The Morgan fingerprint density at radius 1 is 1.14 bits per heavy atom. The standard InChI is InChI=1S/C22H33N3O3/c1-22(2,3)21(27)24-16-10-12-25(13-11-16)19-9-5-4-8-18(19)20(26)23-15-17-7-6-14-28-17/h4-5,8-9,16-17H,6-7,10-15H2,1-3H3,(H,23,26)(H,24,27). The molecular formula is C22H33N3O3. The number of nitrogens with zero attached hydrogens (tertiary/aromatic N) is 1. The van der Waals surface area contributed by atoms with Crippen LogP contribution in [0.1, 0.15) is 56.8 Å². The van der Waals surface area contributed by atoms with E-state index < -0.39 is 0 Å². The van der Waals surface area contributed by atoms with Gasteiger partial charge in [0.05, 0.1) is 11.7 Å². The Bertz CT molecular complexity index is 685. The molecule has 1 unspecified atom stereocenters. The third-order valence-corrected chi connectivity index (χ3v) is 5.52. The maximum atomic E-state index is 12.7. The molecule has 6 nitrogen and oxygen atoms in total. The van der Waals surface area contributed by atoms with Crippen LogP contribution in [0, 0.1) is 5.41 Å². The monoisotopic (exact) mass is 387 g/mol. The minimum atomic E-state index is -0.370. The number of benzene rings is 1. The van der Waals surface area contributed by atoms with Gasteiger partial charge in [-0.3, -0.25) is 9.59 Å². The van der Waals surface area contributed by atoms with E-state index in [4.69, 9.17) is 4.74 Å². The summed E-state index contributed by atoms with van der Waals surface area (Å²) in [6.45, 7) is 8.80. The summed E-state index contributed by atoms with van der Waals surface area (Å²) in [6, 6.07) is 7.96. The quantitative estimate of drug-likeness (QED) is 0.815. The molecule has 0 aliphatic carbocycles. The Labute approximate surface area is 168 Å². The smallest absolute Gasteiger partial charge is 0.253 e. The number of hydrogen-bond donors (Lipinski definition) is 2. The third-order valence-electron chi connectivity index (χ3n) is 5.52. The van der Waals surface area contributed by atoms with Crippen molar-refractivity contribution in [2.24, 2.45) is 5.41 Å². The van der Waals surface area contributed by atoms with Crippen molar-refractivity contribution in [3.63, 3.8) is 0 Å². The van der Waals surface area contributed by atoms with Crippen LogP contribution in [0.3, 0.4) is 0 Å². The topological polar surface area (TPSA) is 70.7 Å². The highest BCUT2D eigenvalue weighted by atomic mass is 16.5. The zero-order chi connectivity index (χ0) is 20.1. The largest absolute Gasteiger partial charge is 0.376 e.